The number of rotatable bonds is 4. The lowest BCUT2D eigenvalue weighted by atomic mass is 10.1. The third-order valence-corrected chi connectivity index (χ3v) is 5.17. The lowest BCUT2D eigenvalue weighted by molar-refractivity contribution is -0.132. The van der Waals surface area contributed by atoms with Crippen molar-refractivity contribution in [1.82, 2.24) is 9.80 Å². The van der Waals surface area contributed by atoms with Crippen LogP contribution in [0.4, 0.5) is 0 Å². The molecule has 0 aromatic heterocycles. The van der Waals surface area contributed by atoms with Crippen LogP contribution in [0, 0.1) is 0 Å². The summed E-state index contributed by atoms with van der Waals surface area (Å²) < 4.78 is 16.8. The van der Waals surface area contributed by atoms with Gasteiger partial charge in [-0.1, -0.05) is 6.07 Å². The molecule has 0 saturated carbocycles. The monoisotopic (exact) mass is 346 g/mol. The predicted molar refractivity (Wildman–Crippen MR) is 93.1 cm³/mol. The molecule has 1 aromatic rings. The van der Waals surface area contributed by atoms with Gasteiger partial charge in [0.1, 0.15) is 13.2 Å². The Balaban J connectivity index is 1.27. The molecule has 3 aliphatic heterocycles. The molecule has 3 aliphatic rings. The summed E-state index contributed by atoms with van der Waals surface area (Å²) in [4.78, 5) is 17.0. The van der Waals surface area contributed by atoms with Gasteiger partial charge in [-0.2, -0.15) is 0 Å². The van der Waals surface area contributed by atoms with Crippen molar-refractivity contribution in [2.45, 2.75) is 25.4 Å². The highest BCUT2D eigenvalue weighted by molar-refractivity contribution is 5.79. The fraction of sp³-hybridized carbons (Fsp3) is 0.632. The van der Waals surface area contributed by atoms with Gasteiger partial charge in [0, 0.05) is 39.3 Å². The third kappa shape index (κ3) is 4.07. The van der Waals surface area contributed by atoms with Crippen LogP contribution in [0.2, 0.25) is 0 Å². The molecule has 2 saturated heterocycles. The summed E-state index contributed by atoms with van der Waals surface area (Å²) in [5.74, 6) is 1.71. The zero-order valence-corrected chi connectivity index (χ0v) is 14.6. The molecule has 0 spiro atoms. The molecule has 2 fully saturated rings. The summed E-state index contributed by atoms with van der Waals surface area (Å²) in [5.41, 5.74) is 0.982. The quantitative estimate of drug-likeness (QED) is 0.823. The molecule has 0 aliphatic carbocycles. The van der Waals surface area contributed by atoms with E-state index in [0.717, 1.165) is 56.4 Å². The number of carbonyl (C=O) groups is 1. The van der Waals surface area contributed by atoms with Crippen LogP contribution in [0.15, 0.2) is 18.2 Å². The molecular weight excluding hydrogens is 320 g/mol. The topological polar surface area (TPSA) is 51.2 Å². The van der Waals surface area contributed by atoms with Gasteiger partial charge in [-0.15, -0.1) is 0 Å². The number of benzene rings is 1. The molecule has 1 amide bonds. The molecule has 25 heavy (non-hydrogen) atoms. The molecule has 1 atom stereocenters. The second-order valence-electron chi connectivity index (χ2n) is 6.97. The first-order chi connectivity index (χ1) is 12.3. The first kappa shape index (κ1) is 16.7. The van der Waals surface area contributed by atoms with E-state index in [1.807, 2.05) is 23.1 Å². The zero-order valence-electron chi connectivity index (χ0n) is 14.6. The summed E-state index contributed by atoms with van der Waals surface area (Å²) in [6.07, 6.45) is 3.16. The van der Waals surface area contributed by atoms with Crippen LogP contribution in [-0.2, 0) is 16.0 Å². The van der Waals surface area contributed by atoms with E-state index in [2.05, 4.69) is 4.90 Å². The molecule has 0 unspecified atom stereocenters. The third-order valence-electron chi connectivity index (χ3n) is 5.17. The number of fused-ring (bicyclic) bond motifs is 1. The van der Waals surface area contributed by atoms with Gasteiger partial charge in [-0.05, 0) is 30.5 Å². The number of nitrogens with zero attached hydrogens (tertiary/aromatic N) is 2. The van der Waals surface area contributed by atoms with Gasteiger partial charge in [0.2, 0.25) is 5.91 Å². The van der Waals surface area contributed by atoms with E-state index >= 15 is 0 Å². The van der Waals surface area contributed by atoms with Crippen molar-refractivity contribution in [3.8, 4) is 11.5 Å². The van der Waals surface area contributed by atoms with Crippen molar-refractivity contribution in [3.63, 3.8) is 0 Å². The van der Waals surface area contributed by atoms with Crippen LogP contribution in [0.1, 0.15) is 18.4 Å². The molecule has 0 bridgehead atoms. The average molecular weight is 346 g/mol. The molecule has 0 N–H and O–H groups in total. The van der Waals surface area contributed by atoms with E-state index in [9.17, 15) is 4.79 Å². The normalized spacial score (nSPS) is 23.7. The molecule has 4 rings (SSSR count). The minimum Gasteiger partial charge on any atom is -0.486 e. The summed E-state index contributed by atoms with van der Waals surface area (Å²) in [6, 6.07) is 5.79. The van der Waals surface area contributed by atoms with Crippen molar-refractivity contribution in [3.05, 3.63) is 23.8 Å². The zero-order chi connectivity index (χ0) is 17.1. The molecule has 6 heteroatoms. The first-order valence-corrected chi connectivity index (χ1v) is 9.28. The largest absolute Gasteiger partial charge is 0.486 e. The second kappa shape index (κ2) is 7.62. The maximum atomic E-state index is 12.6. The Morgan fingerprint density at radius 1 is 1.04 bits per heavy atom. The van der Waals surface area contributed by atoms with Crippen molar-refractivity contribution in [2.75, 3.05) is 52.5 Å². The number of piperazine rings is 1. The van der Waals surface area contributed by atoms with Crippen molar-refractivity contribution in [2.24, 2.45) is 0 Å². The van der Waals surface area contributed by atoms with Gasteiger partial charge < -0.3 is 19.1 Å². The van der Waals surface area contributed by atoms with Crippen molar-refractivity contribution < 1.29 is 19.0 Å². The molecule has 6 nitrogen and oxygen atoms in total. The van der Waals surface area contributed by atoms with Gasteiger partial charge in [-0.3, -0.25) is 9.69 Å². The van der Waals surface area contributed by atoms with Crippen molar-refractivity contribution >= 4 is 5.91 Å². The fourth-order valence-electron chi connectivity index (χ4n) is 3.74. The lowest BCUT2D eigenvalue weighted by Gasteiger charge is -2.35. The van der Waals surface area contributed by atoms with Gasteiger partial charge in [0.25, 0.3) is 0 Å². The summed E-state index contributed by atoms with van der Waals surface area (Å²) >= 11 is 0. The van der Waals surface area contributed by atoms with Crippen molar-refractivity contribution in [1.29, 1.82) is 0 Å². The Labute approximate surface area is 148 Å². The molecule has 0 radical (unpaired) electrons. The SMILES string of the molecule is O=C(Cc1ccc2c(c1)OCCO2)N1CCN(C[C@@H]2CCCO2)CC1. The predicted octanol–water partition coefficient (Wildman–Crippen LogP) is 1.32. The van der Waals surface area contributed by atoms with Crippen LogP contribution in [0.3, 0.4) is 0 Å². The summed E-state index contributed by atoms with van der Waals surface area (Å²) in [7, 11) is 0. The molecule has 136 valence electrons. The number of ether oxygens (including phenoxy) is 3. The van der Waals surface area contributed by atoms with E-state index in [0.29, 0.717) is 25.7 Å². The van der Waals surface area contributed by atoms with Gasteiger partial charge in [0.15, 0.2) is 11.5 Å². The van der Waals surface area contributed by atoms with Gasteiger partial charge in [0.05, 0.1) is 12.5 Å². The van der Waals surface area contributed by atoms with Crippen LogP contribution >= 0.6 is 0 Å². The first-order valence-electron chi connectivity index (χ1n) is 9.28. The molecule has 1 aromatic carbocycles. The highest BCUT2D eigenvalue weighted by Gasteiger charge is 2.25. The standard InChI is InChI=1S/C19H26N2O4/c22-19(13-15-3-4-17-18(12-15)25-11-10-24-17)21-7-5-20(6-8-21)14-16-2-1-9-23-16/h3-4,12,16H,1-2,5-11,13-14H2/t16-/m0/s1. The maximum absolute atomic E-state index is 12.6. The highest BCUT2D eigenvalue weighted by Crippen LogP contribution is 2.31. The van der Waals surface area contributed by atoms with E-state index < -0.39 is 0 Å². The van der Waals surface area contributed by atoms with Gasteiger partial charge in [-0.25, -0.2) is 0 Å². The van der Waals surface area contributed by atoms with Crippen LogP contribution in [0.5, 0.6) is 11.5 Å². The Morgan fingerprint density at radius 3 is 2.60 bits per heavy atom. The van der Waals surface area contributed by atoms with E-state index in [1.165, 1.54) is 12.8 Å². The Bertz CT molecular complexity index is 607. The minimum atomic E-state index is 0.188. The number of hydrogen-bond acceptors (Lipinski definition) is 5. The maximum Gasteiger partial charge on any atom is 0.227 e. The lowest BCUT2D eigenvalue weighted by Crippen LogP contribution is -2.50. The molecular formula is C19H26N2O4. The van der Waals surface area contributed by atoms with E-state index in [1.54, 1.807) is 0 Å². The molecule has 3 heterocycles. The number of carbonyl (C=O) groups excluding carboxylic acids is 1. The van der Waals surface area contributed by atoms with Crippen LogP contribution in [0.25, 0.3) is 0 Å². The number of hydrogen-bond donors (Lipinski definition) is 0. The van der Waals surface area contributed by atoms with Crippen LogP contribution < -0.4 is 9.47 Å². The summed E-state index contributed by atoms with van der Waals surface area (Å²) in [5, 5.41) is 0. The highest BCUT2D eigenvalue weighted by atomic mass is 16.6. The second-order valence-corrected chi connectivity index (χ2v) is 6.97. The Hall–Kier alpha value is -1.79. The average Bonchev–Trinajstić information content (AvgIpc) is 3.15. The Kier molecular flexibility index (Phi) is 5.08. The smallest absolute Gasteiger partial charge is 0.227 e. The summed E-state index contributed by atoms with van der Waals surface area (Å²) in [6.45, 7) is 6.53. The van der Waals surface area contributed by atoms with Gasteiger partial charge >= 0.3 is 0 Å². The fourth-order valence-corrected chi connectivity index (χ4v) is 3.74. The number of amides is 1. The van der Waals surface area contributed by atoms with E-state index in [4.69, 9.17) is 14.2 Å². The Morgan fingerprint density at radius 2 is 1.84 bits per heavy atom. The van der Waals surface area contributed by atoms with E-state index in [-0.39, 0.29) is 5.91 Å². The van der Waals surface area contributed by atoms with Crippen LogP contribution in [-0.4, -0.2) is 74.4 Å². The minimum absolute atomic E-state index is 0.188.